The number of hydrogen-bond donors (Lipinski definition) is 1. The van der Waals surface area contributed by atoms with Gasteiger partial charge in [0.2, 0.25) is 0 Å². The van der Waals surface area contributed by atoms with Crippen LogP contribution < -0.4 is 5.43 Å². The molecule has 0 bridgehead atoms. The first-order chi connectivity index (χ1) is 13.7. The van der Waals surface area contributed by atoms with Crippen molar-refractivity contribution in [1.82, 2.24) is 5.43 Å². The lowest BCUT2D eigenvalue weighted by Gasteiger charge is -2.12. The number of ether oxygens (including phenoxy) is 1. The van der Waals surface area contributed by atoms with Crippen LogP contribution in [-0.4, -0.2) is 17.6 Å². The molecule has 1 aliphatic carbocycles. The standard InChI is InChI=1S/C23H26N2O3/c26-22(25-24-19-13-7-2-1-3-8-14-19)20-15-9-10-16-21(20)23(27)28-17-18-11-5-4-6-12-18/h4-6,9-12,15-16H,1-3,7-8,13-14,17H2,(H,25,26). The van der Waals surface area contributed by atoms with Crippen LogP contribution in [0.5, 0.6) is 0 Å². The van der Waals surface area contributed by atoms with Crippen molar-refractivity contribution < 1.29 is 14.3 Å². The first-order valence-corrected chi connectivity index (χ1v) is 9.90. The number of carbonyl (C=O) groups excluding carboxylic acids is 2. The molecule has 1 amide bonds. The molecule has 2 aromatic rings. The zero-order valence-corrected chi connectivity index (χ0v) is 16.0. The highest BCUT2D eigenvalue weighted by molar-refractivity contribution is 6.05. The second-order valence-electron chi connectivity index (χ2n) is 6.99. The van der Waals surface area contributed by atoms with Gasteiger partial charge in [-0.25, -0.2) is 10.2 Å². The largest absolute Gasteiger partial charge is 0.457 e. The maximum Gasteiger partial charge on any atom is 0.339 e. The number of nitrogens with zero attached hydrogens (tertiary/aromatic N) is 1. The summed E-state index contributed by atoms with van der Waals surface area (Å²) in [6.45, 7) is 0.165. The number of carbonyl (C=O) groups is 2. The van der Waals surface area contributed by atoms with Gasteiger partial charge in [0.05, 0.1) is 11.1 Å². The van der Waals surface area contributed by atoms with E-state index >= 15 is 0 Å². The summed E-state index contributed by atoms with van der Waals surface area (Å²) >= 11 is 0. The van der Waals surface area contributed by atoms with Crippen molar-refractivity contribution >= 4 is 17.6 Å². The van der Waals surface area contributed by atoms with Gasteiger partial charge in [-0.1, -0.05) is 61.7 Å². The van der Waals surface area contributed by atoms with Crippen molar-refractivity contribution in [2.24, 2.45) is 5.10 Å². The van der Waals surface area contributed by atoms with Crippen LogP contribution in [-0.2, 0) is 11.3 Å². The summed E-state index contributed by atoms with van der Waals surface area (Å²) in [5.74, 6) is -0.907. The zero-order valence-electron chi connectivity index (χ0n) is 16.0. The molecule has 2 aromatic carbocycles. The molecular weight excluding hydrogens is 352 g/mol. The Morgan fingerprint density at radius 2 is 1.43 bits per heavy atom. The minimum absolute atomic E-state index is 0.165. The van der Waals surface area contributed by atoms with E-state index in [0.29, 0.717) is 0 Å². The third-order valence-corrected chi connectivity index (χ3v) is 4.85. The van der Waals surface area contributed by atoms with Crippen molar-refractivity contribution in [1.29, 1.82) is 0 Å². The number of esters is 1. The second-order valence-corrected chi connectivity index (χ2v) is 6.99. The third kappa shape index (κ3) is 5.78. The SMILES string of the molecule is O=C(NN=C1CCCCCCC1)c1ccccc1C(=O)OCc1ccccc1. The Kier molecular flexibility index (Phi) is 7.36. The maximum absolute atomic E-state index is 12.6. The quantitative estimate of drug-likeness (QED) is 0.596. The minimum atomic E-state index is -0.520. The predicted molar refractivity (Wildman–Crippen MR) is 109 cm³/mol. The Labute approximate surface area is 165 Å². The van der Waals surface area contributed by atoms with Gasteiger partial charge in [-0.15, -0.1) is 0 Å². The van der Waals surface area contributed by atoms with E-state index < -0.39 is 5.97 Å². The van der Waals surface area contributed by atoms with Crippen LogP contribution in [0.3, 0.4) is 0 Å². The van der Waals surface area contributed by atoms with Gasteiger partial charge in [0.15, 0.2) is 0 Å². The van der Waals surface area contributed by atoms with Gasteiger partial charge in [-0.3, -0.25) is 4.79 Å². The van der Waals surface area contributed by atoms with Crippen LogP contribution in [0, 0.1) is 0 Å². The summed E-state index contributed by atoms with van der Waals surface area (Å²) in [7, 11) is 0. The number of hydrazone groups is 1. The average Bonchev–Trinajstić information content (AvgIpc) is 2.72. The van der Waals surface area contributed by atoms with Gasteiger partial charge in [-0.05, 0) is 43.4 Å². The molecule has 0 aliphatic heterocycles. The highest BCUT2D eigenvalue weighted by atomic mass is 16.5. The van der Waals surface area contributed by atoms with E-state index in [0.717, 1.165) is 37.0 Å². The van der Waals surface area contributed by atoms with E-state index in [-0.39, 0.29) is 23.6 Å². The number of nitrogens with one attached hydrogen (secondary N) is 1. The van der Waals surface area contributed by atoms with E-state index in [1.807, 2.05) is 30.3 Å². The zero-order chi connectivity index (χ0) is 19.6. The van der Waals surface area contributed by atoms with Crippen molar-refractivity contribution in [3.63, 3.8) is 0 Å². The summed E-state index contributed by atoms with van der Waals surface area (Å²) in [6.07, 6.45) is 7.75. The molecule has 0 radical (unpaired) electrons. The first kappa shape index (κ1) is 19.8. The van der Waals surface area contributed by atoms with Gasteiger partial charge >= 0.3 is 5.97 Å². The van der Waals surface area contributed by atoms with Crippen LogP contribution in [0.2, 0.25) is 0 Å². The van der Waals surface area contributed by atoms with E-state index in [2.05, 4.69) is 10.5 Å². The monoisotopic (exact) mass is 378 g/mol. The summed E-state index contributed by atoms with van der Waals surface area (Å²) in [4.78, 5) is 25.1. The Bertz CT molecular complexity index is 821. The van der Waals surface area contributed by atoms with Crippen LogP contribution in [0.15, 0.2) is 59.7 Å². The number of hydrogen-bond acceptors (Lipinski definition) is 4. The minimum Gasteiger partial charge on any atom is -0.457 e. The normalized spacial score (nSPS) is 14.5. The number of rotatable bonds is 5. The molecule has 0 saturated heterocycles. The number of benzene rings is 2. The molecular formula is C23H26N2O3. The molecule has 0 unspecified atom stereocenters. The molecule has 1 aliphatic rings. The van der Waals surface area contributed by atoms with Gasteiger partial charge in [0, 0.05) is 5.71 Å². The highest BCUT2D eigenvalue weighted by Crippen LogP contribution is 2.15. The van der Waals surface area contributed by atoms with Crippen molar-refractivity contribution in [2.45, 2.75) is 51.6 Å². The lowest BCUT2D eigenvalue weighted by molar-refractivity contribution is 0.0469. The smallest absolute Gasteiger partial charge is 0.339 e. The van der Waals surface area contributed by atoms with E-state index in [1.54, 1.807) is 24.3 Å². The Morgan fingerprint density at radius 3 is 2.14 bits per heavy atom. The predicted octanol–water partition coefficient (Wildman–Crippen LogP) is 4.87. The first-order valence-electron chi connectivity index (χ1n) is 9.90. The fraction of sp³-hybridized carbons (Fsp3) is 0.348. The van der Waals surface area contributed by atoms with Gasteiger partial charge in [-0.2, -0.15) is 5.10 Å². The van der Waals surface area contributed by atoms with Crippen LogP contribution >= 0.6 is 0 Å². The summed E-state index contributed by atoms with van der Waals surface area (Å²) < 4.78 is 5.38. The molecule has 146 valence electrons. The van der Waals surface area contributed by atoms with Crippen LogP contribution in [0.1, 0.15) is 71.2 Å². The Balaban J connectivity index is 1.65. The molecule has 1 fully saturated rings. The topological polar surface area (TPSA) is 67.8 Å². The van der Waals surface area contributed by atoms with E-state index in [1.165, 1.54) is 19.3 Å². The third-order valence-electron chi connectivity index (χ3n) is 4.85. The van der Waals surface area contributed by atoms with Gasteiger partial charge in [0.1, 0.15) is 6.61 Å². The lowest BCUT2D eigenvalue weighted by atomic mass is 9.99. The molecule has 3 rings (SSSR count). The van der Waals surface area contributed by atoms with Gasteiger partial charge in [0.25, 0.3) is 5.91 Å². The van der Waals surface area contributed by atoms with E-state index in [4.69, 9.17) is 4.74 Å². The fourth-order valence-electron chi connectivity index (χ4n) is 3.28. The molecule has 1 saturated carbocycles. The average molecular weight is 378 g/mol. The van der Waals surface area contributed by atoms with E-state index in [9.17, 15) is 9.59 Å². The lowest BCUT2D eigenvalue weighted by Crippen LogP contribution is -2.23. The summed E-state index contributed by atoms with van der Waals surface area (Å²) in [5.41, 5.74) is 5.07. The molecule has 5 nitrogen and oxygen atoms in total. The summed E-state index contributed by atoms with van der Waals surface area (Å²) in [6, 6.07) is 16.1. The van der Waals surface area contributed by atoms with Crippen molar-refractivity contribution in [3.8, 4) is 0 Å². The highest BCUT2D eigenvalue weighted by Gasteiger charge is 2.18. The molecule has 1 N–H and O–H groups in total. The fourth-order valence-corrected chi connectivity index (χ4v) is 3.28. The molecule has 0 spiro atoms. The van der Waals surface area contributed by atoms with Crippen LogP contribution in [0.25, 0.3) is 0 Å². The molecule has 0 aromatic heterocycles. The van der Waals surface area contributed by atoms with Crippen LogP contribution in [0.4, 0.5) is 0 Å². The van der Waals surface area contributed by atoms with Crippen molar-refractivity contribution in [2.75, 3.05) is 0 Å². The van der Waals surface area contributed by atoms with Crippen molar-refractivity contribution in [3.05, 3.63) is 71.3 Å². The Morgan fingerprint density at radius 1 is 0.821 bits per heavy atom. The molecule has 0 heterocycles. The molecule has 5 heteroatoms. The Hall–Kier alpha value is -2.95. The van der Waals surface area contributed by atoms with Gasteiger partial charge < -0.3 is 4.74 Å². The molecule has 28 heavy (non-hydrogen) atoms. The second kappa shape index (κ2) is 10.4. The summed E-state index contributed by atoms with van der Waals surface area (Å²) in [5, 5.41) is 4.32. The maximum atomic E-state index is 12.6. The molecule has 0 atom stereocenters. The number of amides is 1.